The predicted molar refractivity (Wildman–Crippen MR) is 80.3 cm³/mol. The van der Waals surface area contributed by atoms with Crippen molar-refractivity contribution in [2.45, 2.75) is 25.9 Å². The lowest BCUT2D eigenvalue weighted by atomic mass is 10.1. The van der Waals surface area contributed by atoms with Crippen molar-refractivity contribution in [3.8, 4) is 0 Å². The van der Waals surface area contributed by atoms with Crippen LogP contribution in [0.25, 0.3) is 0 Å². The Morgan fingerprint density at radius 2 is 1.65 bits per heavy atom. The third kappa shape index (κ3) is 3.33. The summed E-state index contributed by atoms with van der Waals surface area (Å²) in [5.41, 5.74) is 2.73. The Hall–Kier alpha value is -1.94. The first kappa shape index (κ1) is 13.1. The van der Waals surface area contributed by atoms with Gasteiger partial charge in [-0.05, 0) is 43.1 Å². The first-order valence-electron chi connectivity index (χ1n) is 7.22. The molecule has 0 bridgehead atoms. The maximum atomic E-state index is 4.19. The van der Waals surface area contributed by atoms with E-state index in [2.05, 4.69) is 44.5 Å². The SMILES string of the molecule is c1cnc(NCc2ccccc2CN2CCCC2)nc1. The molecule has 2 heterocycles. The second-order valence-corrected chi connectivity index (χ2v) is 5.18. The lowest BCUT2D eigenvalue weighted by Gasteiger charge is -2.17. The molecule has 3 rings (SSSR count). The molecule has 0 unspecified atom stereocenters. The Bertz CT molecular complexity index is 535. The predicted octanol–water partition coefficient (Wildman–Crippen LogP) is 2.68. The largest absolute Gasteiger partial charge is 0.350 e. The third-order valence-electron chi connectivity index (χ3n) is 3.71. The van der Waals surface area contributed by atoms with E-state index in [0.29, 0.717) is 5.95 Å². The molecule has 0 spiro atoms. The van der Waals surface area contributed by atoms with Crippen LogP contribution in [0.2, 0.25) is 0 Å². The fourth-order valence-corrected chi connectivity index (χ4v) is 2.63. The highest BCUT2D eigenvalue weighted by Gasteiger charge is 2.13. The summed E-state index contributed by atoms with van der Waals surface area (Å²) in [6.45, 7) is 4.27. The maximum absolute atomic E-state index is 4.19. The number of nitrogens with zero attached hydrogens (tertiary/aromatic N) is 3. The van der Waals surface area contributed by atoms with E-state index in [9.17, 15) is 0 Å². The molecule has 0 amide bonds. The van der Waals surface area contributed by atoms with Crippen molar-refractivity contribution in [3.63, 3.8) is 0 Å². The highest BCUT2D eigenvalue weighted by atomic mass is 15.1. The van der Waals surface area contributed by atoms with Crippen LogP contribution in [0.4, 0.5) is 5.95 Å². The number of hydrogen-bond acceptors (Lipinski definition) is 4. The molecule has 0 saturated carbocycles. The summed E-state index contributed by atoms with van der Waals surface area (Å²) in [4.78, 5) is 10.9. The lowest BCUT2D eigenvalue weighted by molar-refractivity contribution is 0.330. The number of rotatable bonds is 5. The van der Waals surface area contributed by atoms with Crippen molar-refractivity contribution < 1.29 is 0 Å². The van der Waals surface area contributed by atoms with Gasteiger partial charge in [-0.25, -0.2) is 9.97 Å². The molecular weight excluding hydrogens is 248 g/mol. The molecular formula is C16H20N4. The minimum atomic E-state index is 0.684. The van der Waals surface area contributed by atoms with E-state index in [1.165, 1.54) is 37.1 Å². The third-order valence-corrected chi connectivity index (χ3v) is 3.71. The summed E-state index contributed by atoms with van der Waals surface area (Å²) in [6.07, 6.45) is 6.17. The molecule has 0 atom stereocenters. The van der Waals surface area contributed by atoms with Crippen LogP contribution >= 0.6 is 0 Å². The molecule has 104 valence electrons. The van der Waals surface area contributed by atoms with Crippen LogP contribution in [0.5, 0.6) is 0 Å². The topological polar surface area (TPSA) is 41.1 Å². The average molecular weight is 268 g/mol. The van der Waals surface area contributed by atoms with Gasteiger partial charge in [0.2, 0.25) is 5.95 Å². The molecule has 2 aromatic rings. The summed E-state index contributed by atoms with van der Waals surface area (Å²) in [7, 11) is 0. The van der Waals surface area contributed by atoms with Crippen molar-refractivity contribution in [3.05, 3.63) is 53.9 Å². The molecule has 4 nitrogen and oxygen atoms in total. The van der Waals surface area contributed by atoms with Gasteiger partial charge in [0.25, 0.3) is 0 Å². The molecule has 1 aliphatic heterocycles. The second kappa shape index (κ2) is 6.48. The molecule has 1 aromatic carbocycles. The number of anilines is 1. The van der Waals surface area contributed by atoms with Gasteiger partial charge in [-0.1, -0.05) is 24.3 Å². The molecule has 1 N–H and O–H groups in total. The molecule has 1 aliphatic rings. The van der Waals surface area contributed by atoms with Gasteiger partial charge in [0, 0.05) is 25.5 Å². The van der Waals surface area contributed by atoms with E-state index >= 15 is 0 Å². The zero-order chi connectivity index (χ0) is 13.6. The summed E-state index contributed by atoms with van der Waals surface area (Å²) >= 11 is 0. The number of aromatic nitrogens is 2. The molecule has 1 aromatic heterocycles. The number of hydrogen-bond donors (Lipinski definition) is 1. The Morgan fingerprint density at radius 1 is 0.950 bits per heavy atom. The van der Waals surface area contributed by atoms with Gasteiger partial charge in [-0.2, -0.15) is 0 Å². The lowest BCUT2D eigenvalue weighted by Crippen LogP contribution is -2.19. The van der Waals surface area contributed by atoms with Crippen molar-refractivity contribution in [1.82, 2.24) is 14.9 Å². The van der Waals surface area contributed by atoms with Gasteiger partial charge in [0.05, 0.1) is 0 Å². The van der Waals surface area contributed by atoms with Crippen LogP contribution in [-0.2, 0) is 13.1 Å². The minimum Gasteiger partial charge on any atom is -0.350 e. The Kier molecular flexibility index (Phi) is 4.23. The minimum absolute atomic E-state index is 0.684. The number of benzene rings is 1. The van der Waals surface area contributed by atoms with Crippen molar-refractivity contribution in [2.75, 3.05) is 18.4 Å². The number of likely N-dealkylation sites (tertiary alicyclic amines) is 1. The van der Waals surface area contributed by atoms with Gasteiger partial charge < -0.3 is 5.32 Å². The standard InChI is InChI=1S/C16H20N4/c1-2-7-15(13-20-10-3-4-11-20)14(6-1)12-19-16-17-8-5-9-18-16/h1-2,5-9H,3-4,10-13H2,(H,17,18,19). The fourth-order valence-electron chi connectivity index (χ4n) is 2.63. The second-order valence-electron chi connectivity index (χ2n) is 5.18. The van der Waals surface area contributed by atoms with Crippen molar-refractivity contribution in [1.29, 1.82) is 0 Å². The smallest absolute Gasteiger partial charge is 0.222 e. The van der Waals surface area contributed by atoms with E-state index in [4.69, 9.17) is 0 Å². The molecule has 4 heteroatoms. The van der Waals surface area contributed by atoms with Crippen LogP contribution in [0.3, 0.4) is 0 Å². The zero-order valence-electron chi connectivity index (χ0n) is 11.6. The first-order chi connectivity index (χ1) is 9.92. The quantitative estimate of drug-likeness (QED) is 0.905. The van der Waals surface area contributed by atoms with Crippen molar-refractivity contribution >= 4 is 5.95 Å². The maximum Gasteiger partial charge on any atom is 0.222 e. The summed E-state index contributed by atoms with van der Waals surface area (Å²) < 4.78 is 0. The Balaban J connectivity index is 1.66. The molecule has 20 heavy (non-hydrogen) atoms. The number of nitrogens with one attached hydrogen (secondary N) is 1. The van der Waals surface area contributed by atoms with Crippen LogP contribution in [0, 0.1) is 0 Å². The fraction of sp³-hybridized carbons (Fsp3) is 0.375. The highest BCUT2D eigenvalue weighted by Crippen LogP contribution is 2.16. The average Bonchev–Trinajstić information content (AvgIpc) is 3.00. The van der Waals surface area contributed by atoms with E-state index in [-0.39, 0.29) is 0 Å². The van der Waals surface area contributed by atoms with Gasteiger partial charge >= 0.3 is 0 Å². The van der Waals surface area contributed by atoms with Crippen LogP contribution < -0.4 is 5.32 Å². The van der Waals surface area contributed by atoms with E-state index in [1.54, 1.807) is 12.4 Å². The molecule has 1 fully saturated rings. The van der Waals surface area contributed by atoms with E-state index in [1.807, 2.05) is 6.07 Å². The van der Waals surface area contributed by atoms with Gasteiger partial charge in [0.15, 0.2) is 0 Å². The van der Waals surface area contributed by atoms with E-state index in [0.717, 1.165) is 13.1 Å². The summed E-state index contributed by atoms with van der Waals surface area (Å²) in [5, 5.41) is 3.29. The van der Waals surface area contributed by atoms with Crippen molar-refractivity contribution in [2.24, 2.45) is 0 Å². The highest BCUT2D eigenvalue weighted by molar-refractivity contribution is 5.32. The van der Waals surface area contributed by atoms with Crippen LogP contribution in [0.1, 0.15) is 24.0 Å². The zero-order valence-corrected chi connectivity index (χ0v) is 11.6. The van der Waals surface area contributed by atoms with Crippen LogP contribution in [0.15, 0.2) is 42.7 Å². The van der Waals surface area contributed by atoms with Gasteiger partial charge in [-0.3, -0.25) is 4.90 Å². The summed E-state index contributed by atoms with van der Waals surface area (Å²) in [5.74, 6) is 0.684. The summed E-state index contributed by atoms with van der Waals surface area (Å²) in [6, 6.07) is 10.4. The molecule has 1 saturated heterocycles. The van der Waals surface area contributed by atoms with E-state index < -0.39 is 0 Å². The normalized spacial score (nSPS) is 15.4. The Morgan fingerprint density at radius 3 is 2.40 bits per heavy atom. The van der Waals surface area contributed by atoms with Gasteiger partial charge in [-0.15, -0.1) is 0 Å². The van der Waals surface area contributed by atoms with Gasteiger partial charge in [0.1, 0.15) is 0 Å². The molecule has 0 aliphatic carbocycles. The Labute approximate surface area is 119 Å². The molecule has 0 radical (unpaired) electrons. The monoisotopic (exact) mass is 268 g/mol. The van der Waals surface area contributed by atoms with Crippen LogP contribution in [-0.4, -0.2) is 28.0 Å². The first-order valence-corrected chi connectivity index (χ1v) is 7.22.